The Bertz CT molecular complexity index is 569. The summed E-state index contributed by atoms with van der Waals surface area (Å²) in [5.41, 5.74) is 3.22. The van der Waals surface area contributed by atoms with E-state index in [-0.39, 0.29) is 0 Å². The van der Waals surface area contributed by atoms with Crippen LogP contribution in [0, 0.1) is 13.8 Å². The van der Waals surface area contributed by atoms with Gasteiger partial charge >= 0.3 is 0 Å². The Hall–Kier alpha value is -0.850. The van der Waals surface area contributed by atoms with Crippen molar-refractivity contribution in [2.24, 2.45) is 0 Å². The monoisotopic (exact) mass is 402 g/mol. The minimum Gasteiger partial charge on any atom is -0.494 e. The van der Waals surface area contributed by atoms with Crippen molar-refractivity contribution < 1.29 is 9.26 Å². The summed E-state index contributed by atoms with van der Waals surface area (Å²) in [5, 5.41) is 7.34. The van der Waals surface area contributed by atoms with Crippen molar-refractivity contribution >= 4 is 31.9 Å². The fourth-order valence-corrected chi connectivity index (χ4v) is 3.60. The third kappa shape index (κ3) is 3.42. The fourth-order valence-electron chi connectivity index (χ4n) is 2.00. The summed E-state index contributed by atoms with van der Waals surface area (Å²) in [5.74, 6) is 1.67. The normalized spacial score (nSPS) is 10.8. The highest BCUT2D eigenvalue weighted by Crippen LogP contribution is 2.34. The maximum Gasteiger partial charge on any atom is 0.147 e. The molecule has 1 N–H and O–H groups in total. The van der Waals surface area contributed by atoms with Gasteiger partial charge in [0.05, 0.1) is 21.7 Å². The predicted octanol–water partition coefficient (Wildman–Crippen LogP) is 4.11. The highest BCUT2D eigenvalue weighted by atomic mass is 79.9. The minimum atomic E-state index is 0.739. The molecule has 6 heteroatoms. The first-order valence-corrected chi connectivity index (χ1v) is 7.76. The summed E-state index contributed by atoms with van der Waals surface area (Å²) in [4.78, 5) is 0. The molecule has 0 aliphatic carbocycles. The zero-order valence-electron chi connectivity index (χ0n) is 11.6. The van der Waals surface area contributed by atoms with Crippen LogP contribution >= 0.6 is 31.9 Å². The van der Waals surface area contributed by atoms with E-state index in [2.05, 4.69) is 42.3 Å². The van der Waals surface area contributed by atoms with Crippen molar-refractivity contribution in [3.8, 4) is 5.75 Å². The van der Waals surface area contributed by atoms with Gasteiger partial charge in [0.15, 0.2) is 0 Å². The molecule has 0 unspecified atom stereocenters. The number of ether oxygens (including phenoxy) is 1. The molecule has 0 radical (unpaired) electrons. The van der Waals surface area contributed by atoms with Gasteiger partial charge in [-0.3, -0.25) is 0 Å². The van der Waals surface area contributed by atoms with Crippen LogP contribution in [-0.2, 0) is 13.1 Å². The Kier molecular flexibility index (Phi) is 5.23. The number of halogens is 2. The van der Waals surface area contributed by atoms with Crippen LogP contribution in [0.25, 0.3) is 0 Å². The van der Waals surface area contributed by atoms with Crippen molar-refractivity contribution in [1.29, 1.82) is 0 Å². The number of nitrogens with one attached hydrogen (secondary N) is 1. The number of nitrogens with zero attached hydrogens (tertiary/aromatic N) is 1. The Morgan fingerprint density at radius 2 is 1.85 bits per heavy atom. The molecule has 0 aliphatic heterocycles. The van der Waals surface area contributed by atoms with E-state index in [9.17, 15) is 0 Å². The van der Waals surface area contributed by atoms with Crippen LogP contribution in [0.15, 0.2) is 25.6 Å². The fraction of sp³-hybridized carbons (Fsp3) is 0.357. The molecule has 0 bridgehead atoms. The van der Waals surface area contributed by atoms with Crippen molar-refractivity contribution in [3.05, 3.63) is 43.7 Å². The molecular weight excluding hydrogens is 388 g/mol. The summed E-state index contributed by atoms with van der Waals surface area (Å²) in [6, 6.07) is 4.09. The number of hydrogen-bond acceptors (Lipinski definition) is 4. The Morgan fingerprint density at radius 1 is 1.20 bits per heavy atom. The van der Waals surface area contributed by atoms with Gasteiger partial charge in [-0.1, -0.05) is 5.16 Å². The summed E-state index contributed by atoms with van der Waals surface area (Å²) in [6.07, 6.45) is 0. The molecule has 1 aromatic heterocycles. The lowest BCUT2D eigenvalue weighted by atomic mass is 10.2. The average molecular weight is 404 g/mol. The smallest absolute Gasteiger partial charge is 0.147 e. The zero-order chi connectivity index (χ0) is 14.7. The first-order valence-electron chi connectivity index (χ1n) is 6.17. The Labute approximate surface area is 135 Å². The van der Waals surface area contributed by atoms with Gasteiger partial charge in [0.1, 0.15) is 11.5 Å². The zero-order valence-corrected chi connectivity index (χ0v) is 14.8. The Balaban J connectivity index is 2.01. The van der Waals surface area contributed by atoms with Crippen molar-refractivity contribution in [1.82, 2.24) is 10.5 Å². The first kappa shape index (κ1) is 15.5. The molecule has 2 rings (SSSR count). The molecule has 4 nitrogen and oxygen atoms in total. The van der Waals surface area contributed by atoms with E-state index in [1.54, 1.807) is 7.11 Å². The second kappa shape index (κ2) is 6.74. The van der Waals surface area contributed by atoms with Crippen molar-refractivity contribution in [2.75, 3.05) is 7.11 Å². The molecule has 0 saturated heterocycles. The van der Waals surface area contributed by atoms with Gasteiger partial charge in [-0.15, -0.1) is 0 Å². The minimum absolute atomic E-state index is 0.739. The SMILES string of the molecule is COc1c(Br)cc(CNCc2c(C)noc2C)cc1Br. The molecule has 108 valence electrons. The van der Waals surface area contributed by atoms with E-state index in [4.69, 9.17) is 9.26 Å². The van der Waals surface area contributed by atoms with Gasteiger partial charge in [-0.2, -0.15) is 0 Å². The molecule has 0 atom stereocenters. The molecule has 0 aliphatic rings. The van der Waals surface area contributed by atoms with E-state index in [0.29, 0.717) is 0 Å². The van der Waals surface area contributed by atoms with E-state index in [1.165, 1.54) is 0 Å². The van der Waals surface area contributed by atoms with Crippen molar-refractivity contribution in [3.63, 3.8) is 0 Å². The summed E-state index contributed by atoms with van der Waals surface area (Å²) in [7, 11) is 1.65. The number of aromatic nitrogens is 1. The third-order valence-corrected chi connectivity index (χ3v) is 4.25. The number of aryl methyl sites for hydroxylation is 2. The molecule has 0 spiro atoms. The number of methoxy groups -OCH3 is 1. The summed E-state index contributed by atoms with van der Waals surface area (Å²) >= 11 is 7.01. The topological polar surface area (TPSA) is 47.3 Å². The number of benzene rings is 1. The van der Waals surface area contributed by atoms with Gasteiger partial charge in [0.2, 0.25) is 0 Å². The van der Waals surface area contributed by atoms with Gasteiger partial charge in [-0.25, -0.2) is 0 Å². The molecule has 2 aromatic rings. The molecule has 0 saturated carbocycles. The van der Waals surface area contributed by atoms with Gasteiger partial charge < -0.3 is 14.6 Å². The van der Waals surface area contributed by atoms with E-state index in [1.807, 2.05) is 26.0 Å². The summed E-state index contributed by atoms with van der Waals surface area (Å²) < 4.78 is 12.3. The van der Waals surface area contributed by atoms with Crippen LogP contribution in [0.1, 0.15) is 22.6 Å². The molecule has 20 heavy (non-hydrogen) atoms. The van der Waals surface area contributed by atoms with Crippen LogP contribution in [0.5, 0.6) is 5.75 Å². The number of rotatable bonds is 5. The second-order valence-corrected chi connectivity index (χ2v) is 6.21. The lowest BCUT2D eigenvalue weighted by molar-refractivity contribution is 0.392. The highest BCUT2D eigenvalue weighted by Gasteiger charge is 2.10. The van der Waals surface area contributed by atoms with Crippen LogP contribution in [0.4, 0.5) is 0 Å². The van der Waals surface area contributed by atoms with Crippen molar-refractivity contribution in [2.45, 2.75) is 26.9 Å². The first-order chi connectivity index (χ1) is 9.52. The third-order valence-electron chi connectivity index (χ3n) is 3.07. The molecule has 0 amide bonds. The standard InChI is InChI=1S/C14H16Br2N2O2/c1-8-11(9(2)20-18-8)7-17-6-10-4-12(15)14(19-3)13(16)5-10/h4-5,17H,6-7H2,1-3H3. The average Bonchev–Trinajstić information content (AvgIpc) is 2.70. The second-order valence-electron chi connectivity index (χ2n) is 4.50. The molecule has 1 heterocycles. The van der Waals surface area contributed by atoms with Gasteiger partial charge in [0, 0.05) is 18.7 Å². The number of hydrogen-bond donors (Lipinski definition) is 1. The van der Waals surface area contributed by atoms with Gasteiger partial charge in [0.25, 0.3) is 0 Å². The van der Waals surface area contributed by atoms with E-state index >= 15 is 0 Å². The molecule has 1 aromatic carbocycles. The quantitative estimate of drug-likeness (QED) is 0.815. The lowest BCUT2D eigenvalue weighted by Crippen LogP contribution is -2.13. The maximum absolute atomic E-state index is 5.29. The van der Waals surface area contributed by atoms with Gasteiger partial charge in [-0.05, 0) is 63.4 Å². The van der Waals surface area contributed by atoms with Crippen LogP contribution in [0.2, 0.25) is 0 Å². The van der Waals surface area contributed by atoms with Crippen LogP contribution < -0.4 is 10.1 Å². The molecule has 0 fully saturated rings. The maximum atomic E-state index is 5.29. The Morgan fingerprint density at radius 3 is 2.35 bits per heavy atom. The van der Waals surface area contributed by atoms with E-state index in [0.717, 1.165) is 50.4 Å². The van der Waals surface area contributed by atoms with Crippen LogP contribution in [-0.4, -0.2) is 12.3 Å². The lowest BCUT2D eigenvalue weighted by Gasteiger charge is -2.10. The van der Waals surface area contributed by atoms with E-state index < -0.39 is 0 Å². The summed E-state index contributed by atoms with van der Waals surface area (Å²) in [6.45, 7) is 5.37. The largest absolute Gasteiger partial charge is 0.494 e. The molecular formula is C14H16Br2N2O2. The van der Waals surface area contributed by atoms with Crippen LogP contribution in [0.3, 0.4) is 0 Å². The predicted molar refractivity (Wildman–Crippen MR) is 84.9 cm³/mol. The highest BCUT2D eigenvalue weighted by molar-refractivity contribution is 9.11.